The van der Waals surface area contributed by atoms with Gasteiger partial charge in [0.1, 0.15) is 10.7 Å². The number of sulfonamides is 1. The first-order chi connectivity index (χ1) is 12.2. The highest BCUT2D eigenvalue weighted by Crippen LogP contribution is 2.20. The molecule has 11 heteroatoms. The summed E-state index contributed by atoms with van der Waals surface area (Å²) in [5, 5.41) is 0. The molecule has 26 heavy (non-hydrogen) atoms. The third kappa shape index (κ3) is 4.73. The van der Waals surface area contributed by atoms with Crippen molar-refractivity contribution in [2.45, 2.75) is 30.5 Å². The van der Waals surface area contributed by atoms with Crippen LogP contribution in [0.15, 0.2) is 35.6 Å². The van der Waals surface area contributed by atoms with Crippen molar-refractivity contribution in [2.24, 2.45) is 5.92 Å². The van der Waals surface area contributed by atoms with Gasteiger partial charge in [0.25, 0.3) is 0 Å². The number of fused-ring (bicyclic) bond motifs is 1. The van der Waals surface area contributed by atoms with E-state index < -0.39 is 22.8 Å². The van der Waals surface area contributed by atoms with E-state index in [4.69, 9.17) is 0 Å². The average Bonchev–Trinajstić information content (AvgIpc) is 3.06. The fourth-order valence-corrected chi connectivity index (χ4v) is 3.74. The molecule has 0 saturated carbocycles. The second-order valence-corrected chi connectivity index (χ2v) is 7.76. The molecule has 0 aliphatic carbocycles. The van der Waals surface area contributed by atoms with Crippen molar-refractivity contribution in [3.05, 3.63) is 36.5 Å². The minimum absolute atomic E-state index is 0.129. The average molecular weight is 390 g/mol. The molecule has 0 saturated heterocycles. The van der Waals surface area contributed by atoms with Crippen LogP contribution in [0, 0.1) is 5.92 Å². The van der Waals surface area contributed by atoms with E-state index in [1.807, 2.05) is 10.8 Å². The Morgan fingerprint density at radius 2 is 2.12 bits per heavy atom. The maximum atomic E-state index is 12.3. The Bertz CT molecular complexity index is 850. The minimum Gasteiger partial charge on any atom is -0.468 e. The quantitative estimate of drug-likeness (QED) is 0.812. The van der Waals surface area contributed by atoms with Crippen LogP contribution < -0.4 is 9.46 Å². The number of imidazole rings is 1. The first-order valence-corrected chi connectivity index (χ1v) is 9.36. The molecule has 7 nitrogen and oxygen atoms in total. The van der Waals surface area contributed by atoms with Crippen LogP contribution in [-0.2, 0) is 23.0 Å². The third-order valence-corrected chi connectivity index (χ3v) is 5.41. The van der Waals surface area contributed by atoms with Crippen LogP contribution in [0.3, 0.4) is 0 Å². The molecule has 0 spiro atoms. The van der Waals surface area contributed by atoms with Crippen molar-refractivity contribution < 1.29 is 26.3 Å². The molecular weight excluding hydrogens is 373 g/mol. The zero-order chi connectivity index (χ0) is 18.8. The molecular formula is C15H17F3N4O3S. The lowest BCUT2D eigenvalue weighted by molar-refractivity contribution is -0.154. The second-order valence-electron chi connectivity index (χ2n) is 5.99. The molecule has 2 aromatic heterocycles. The molecule has 0 bridgehead atoms. The SMILES string of the molecule is O=S(=O)(NCC1CCc2nccn2C1)c1ccc(OCC(F)(F)F)nc1. The topological polar surface area (TPSA) is 86.1 Å². The van der Waals surface area contributed by atoms with Crippen LogP contribution in [0.25, 0.3) is 0 Å². The van der Waals surface area contributed by atoms with Gasteiger partial charge in [-0.2, -0.15) is 13.2 Å². The number of rotatable bonds is 6. The summed E-state index contributed by atoms with van der Waals surface area (Å²) in [5.74, 6) is 0.831. The lowest BCUT2D eigenvalue weighted by Gasteiger charge is -2.23. The summed E-state index contributed by atoms with van der Waals surface area (Å²) >= 11 is 0. The highest BCUT2D eigenvalue weighted by atomic mass is 32.2. The molecule has 0 aromatic carbocycles. The number of aromatic nitrogens is 3. The molecule has 1 aliphatic heterocycles. The van der Waals surface area contributed by atoms with Gasteiger partial charge in [0, 0.05) is 38.0 Å². The highest BCUT2D eigenvalue weighted by molar-refractivity contribution is 7.89. The van der Waals surface area contributed by atoms with Crippen LogP contribution in [0.2, 0.25) is 0 Å². The zero-order valence-corrected chi connectivity index (χ0v) is 14.4. The smallest absolute Gasteiger partial charge is 0.422 e. The molecule has 3 heterocycles. The number of hydrogen-bond acceptors (Lipinski definition) is 5. The standard InChI is InChI=1S/C15H17F3N4O3S/c16-15(17,18)10-25-14-4-2-12(8-20-14)26(23,24)21-7-11-1-3-13-19-5-6-22(13)9-11/h2,4-6,8,11,21H,1,3,7,9-10H2. The molecule has 1 unspecified atom stereocenters. The van der Waals surface area contributed by atoms with E-state index in [1.165, 1.54) is 0 Å². The lowest BCUT2D eigenvalue weighted by Crippen LogP contribution is -2.33. The van der Waals surface area contributed by atoms with Gasteiger partial charge < -0.3 is 9.30 Å². The Morgan fingerprint density at radius 3 is 2.81 bits per heavy atom. The van der Waals surface area contributed by atoms with Gasteiger partial charge in [-0.1, -0.05) is 0 Å². The molecule has 2 aromatic rings. The largest absolute Gasteiger partial charge is 0.468 e. The number of ether oxygens (including phenoxy) is 1. The summed E-state index contributed by atoms with van der Waals surface area (Å²) < 4.78 is 69.9. The summed E-state index contributed by atoms with van der Waals surface area (Å²) in [4.78, 5) is 7.70. The van der Waals surface area contributed by atoms with E-state index in [2.05, 4.69) is 19.4 Å². The number of halogens is 3. The van der Waals surface area contributed by atoms with Gasteiger partial charge in [0.05, 0.1) is 6.20 Å². The number of pyridine rings is 1. The molecule has 3 rings (SSSR count). The van der Waals surface area contributed by atoms with E-state index >= 15 is 0 Å². The summed E-state index contributed by atoms with van der Waals surface area (Å²) in [6, 6.07) is 2.26. The summed E-state index contributed by atoms with van der Waals surface area (Å²) in [6.07, 6.45) is 1.68. The summed E-state index contributed by atoms with van der Waals surface area (Å²) in [6.45, 7) is -0.547. The summed E-state index contributed by atoms with van der Waals surface area (Å²) in [5.41, 5.74) is 0. The predicted octanol–water partition coefficient (Wildman–Crippen LogP) is 1.76. The van der Waals surface area contributed by atoms with Crippen LogP contribution in [0.4, 0.5) is 13.2 Å². The zero-order valence-electron chi connectivity index (χ0n) is 13.6. The van der Waals surface area contributed by atoms with Gasteiger partial charge in [0.2, 0.25) is 15.9 Å². The molecule has 0 radical (unpaired) electrons. The van der Waals surface area contributed by atoms with E-state index in [0.717, 1.165) is 37.0 Å². The van der Waals surface area contributed by atoms with Crippen molar-refractivity contribution in [1.29, 1.82) is 0 Å². The maximum absolute atomic E-state index is 12.3. The van der Waals surface area contributed by atoms with Gasteiger partial charge in [-0.15, -0.1) is 0 Å². The van der Waals surface area contributed by atoms with Gasteiger partial charge >= 0.3 is 6.18 Å². The van der Waals surface area contributed by atoms with Gasteiger partial charge in [-0.25, -0.2) is 23.1 Å². The molecule has 142 valence electrons. The fraction of sp³-hybridized carbons (Fsp3) is 0.467. The van der Waals surface area contributed by atoms with Crippen LogP contribution >= 0.6 is 0 Å². The number of nitrogens with one attached hydrogen (secondary N) is 1. The Hall–Kier alpha value is -2.14. The van der Waals surface area contributed by atoms with E-state index in [-0.39, 0.29) is 23.2 Å². The number of alkyl halides is 3. The lowest BCUT2D eigenvalue weighted by atomic mass is 10.00. The van der Waals surface area contributed by atoms with Gasteiger partial charge in [0.15, 0.2) is 6.61 Å². The monoisotopic (exact) mass is 390 g/mol. The Morgan fingerprint density at radius 1 is 1.31 bits per heavy atom. The van der Waals surface area contributed by atoms with Crippen molar-refractivity contribution in [1.82, 2.24) is 19.3 Å². The number of hydrogen-bond donors (Lipinski definition) is 1. The summed E-state index contributed by atoms with van der Waals surface area (Å²) in [7, 11) is -3.80. The van der Waals surface area contributed by atoms with E-state index in [1.54, 1.807) is 6.20 Å². The Kier molecular flexibility index (Phi) is 5.19. The van der Waals surface area contributed by atoms with E-state index in [0.29, 0.717) is 6.54 Å². The molecule has 0 amide bonds. The van der Waals surface area contributed by atoms with E-state index in [9.17, 15) is 21.6 Å². The van der Waals surface area contributed by atoms with Gasteiger partial charge in [-0.3, -0.25) is 0 Å². The molecule has 1 aliphatic rings. The van der Waals surface area contributed by atoms with Crippen LogP contribution in [0.5, 0.6) is 5.88 Å². The van der Waals surface area contributed by atoms with Crippen LogP contribution in [0.1, 0.15) is 12.2 Å². The maximum Gasteiger partial charge on any atom is 0.422 e. The van der Waals surface area contributed by atoms with Crippen LogP contribution in [-0.4, -0.2) is 42.3 Å². The Labute approximate surface area is 148 Å². The first-order valence-electron chi connectivity index (χ1n) is 7.88. The Balaban J connectivity index is 1.56. The van der Waals surface area contributed by atoms with Crippen molar-refractivity contribution in [2.75, 3.05) is 13.2 Å². The fourth-order valence-electron chi connectivity index (χ4n) is 2.68. The van der Waals surface area contributed by atoms with Crippen molar-refractivity contribution in [3.8, 4) is 5.88 Å². The molecule has 0 fully saturated rings. The number of nitrogens with zero attached hydrogens (tertiary/aromatic N) is 3. The minimum atomic E-state index is -4.48. The molecule has 1 atom stereocenters. The second kappa shape index (κ2) is 7.23. The highest BCUT2D eigenvalue weighted by Gasteiger charge is 2.28. The normalized spacial score (nSPS) is 17.7. The van der Waals surface area contributed by atoms with Gasteiger partial charge in [-0.05, 0) is 18.4 Å². The predicted molar refractivity (Wildman–Crippen MR) is 85.0 cm³/mol. The van der Waals surface area contributed by atoms with Crippen molar-refractivity contribution in [3.63, 3.8) is 0 Å². The molecule has 1 N–H and O–H groups in total. The first kappa shape index (κ1) is 18.6. The number of aryl methyl sites for hydroxylation is 1. The third-order valence-electron chi connectivity index (χ3n) is 4.00. The van der Waals surface area contributed by atoms with Crippen molar-refractivity contribution >= 4 is 10.0 Å².